The van der Waals surface area contributed by atoms with Gasteiger partial charge >= 0.3 is 0 Å². The molecule has 3 unspecified atom stereocenters. The number of aliphatic hydroxyl groups is 1. The number of nitrogens with zero attached hydrogens (tertiary/aromatic N) is 2. The Morgan fingerprint density at radius 2 is 1.52 bits per heavy atom. The number of benzene rings is 2. The molecule has 29 heavy (non-hydrogen) atoms. The van der Waals surface area contributed by atoms with Crippen LogP contribution in [0.25, 0.3) is 11.1 Å². The molecule has 156 valence electrons. The van der Waals surface area contributed by atoms with E-state index in [2.05, 4.69) is 72.3 Å². The number of aliphatic hydroxyl groups excluding tert-OH is 1. The number of rotatable bonds is 5. The van der Waals surface area contributed by atoms with E-state index in [1.54, 1.807) is 0 Å². The maximum Gasteiger partial charge on any atom is 0.0543 e. The van der Waals surface area contributed by atoms with Crippen LogP contribution in [0.5, 0.6) is 0 Å². The van der Waals surface area contributed by atoms with E-state index < -0.39 is 0 Å². The van der Waals surface area contributed by atoms with E-state index in [1.807, 2.05) is 0 Å². The summed E-state index contributed by atoms with van der Waals surface area (Å²) in [5, 5.41) is 10.3. The zero-order valence-electron chi connectivity index (χ0n) is 18.1. The highest BCUT2D eigenvalue weighted by Crippen LogP contribution is 2.37. The second kappa shape index (κ2) is 9.42. The lowest BCUT2D eigenvalue weighted by Gasteiger charge is -2.39. The van der Waals surface area contributed by atoms with Crippen molar-refractivity contribution in [3.8, 4) is 11.1 Å². The van der Waals surface area contributed by atoms with E-state index >= 15 is 0 Å². The second-order valence-corrected chi connectivity index (χ2v) is 9.28. The van der Waals surface area contributed by atoms with Crippen molar-refractivity contribution >= 4 is 0 Å². The fraction of sp³-hybridized carbons (Fsp3) is 0.538. The van der Waals surface area contributed by atoms with E-state index in [1.165, 1.54) is 28.7 Å². The average Bonchev–Trinajstić information content (AvgIpc) is 2.74. The smallest absolute Gasteiger partial charge is 0.0543 e. The Morgan fingerprint density at radius 1 is 0.897 bits per heavy atom. The lowest BCUT2D eigenvalue weighted by molar-refractivity contribution is 0.0773. The van der Waals surface area contributed by atoms with Crippen LogP contribution in [0.1, 0.15) is 42.7 Å². The van der Waals surface area contributed by atoms with Gasteiger partial charge in [-0.2, -0.15) is 0 Å². The first-order valence-corrected chi connectivity index (χ1v) is 11.3. The third-order valence-corrected chi connectivity index (χ3v) is 7.03. The van der Waals surface area contributed by atoms with Crippen LogP contribution in [0.3, 0.4) is 0 Å². The van der Waals surface area contributed by atoms with E-state index in [0.29, 0.717) is 11.8 Å². The Hall–Kier alpha value is -1.68. The summed E-state index contributed by atoms with van der Waals surface area (Å²) in [6, 6.07) is 18.1. The van der Waals surface area contributed by atoms with Gasteiger partial charge in [0.15, 0.2) is 0 Å². The van der Waals surface area contributed by atoms with Crippen LogP contribution in [-0.2, 0) is 0 Å². The number of likely N-dealkylation sites (N-methyl/N-ethyl adjacent to an activating group) is 1. The molecular formula is C26H36N2O. The molecule has 0 amide bonds. The molecule has 3 atom stereocenters. The van der Waals surface area contributed by atoms with Crippen LogP contribution < -0.4 is 0 Å². The maximum atomic E-state index is 10.3. The Balaban J connectivity index is 1.53. The molecule has 2 fully saturated rings. The van der Waals surface area contributed by atoms with Gasteiger partial charge in [0, 0.05) is 32.7 Å². The normalized spacial score (nSPS) is 25.1. The van der Waals surface area contributed by atoms with Gasteiger partial charge in [0.1, 0.15) is 0 Å². The summed E-state index contributed by atoms with van der Waals surface area (Å²) in [5.41, 5.74) is 5.31. The van der Waals surface area contributed by atoms with E-state index in [4.69, 9.17) is 0 Å². The maximum absolute atomic E-state index is 10.3. The predicted octanol–water partition coefficient (Wildman–Crippen LogP) is 4.54. The monoisotopic (exact) mass is 392 g/mol. The molecule has 1 heterocycles. The summed E-state index contributed by atoms with van der Waals surface area (Å²) in [6.45, 7) is 7.88. The average molecular weight is 393 g/mol. The van der Waals surface area contributed by atoms with Gasteiger partial charge < -0.3 is 14.9 Å². The van der Waals surface area contributed by atoms with Crippen molar-refractivity contribution < 1.29 is 5.11 Å². The van der Waals surface area contributed by atoms with Gasteiger partial charge in [0.25, 0.3) is 0 Å². The van der Waals surface area contributed by atoms with Crippen LogP contribution in [0, 0.1) is 12.8 Å². The largest absolute Gasteiger partial charge is 0.393 e. The Bertz CT molecular complexity index is 762. The second-order valence-electron chi connectivity index (χ2n) is 9.28. The lowest BCUT2D eigenvalue weighted by Crippen LogP contribution is -2.46. The fourth-order valence-corrected chi connectivity index (χ4v) is 5.07. The zero-order valence-corrected chi connectivity index (χ0v) is 18.1. The van der Waals surface area contributed by atoms with Gasteiger partial charge in [-0.05, 0) is 61.8 Å². The van der Waals surface area contributed by atoms with Gasteiger partial charge in [-0.15, -0.1) is 0 Å². The number of hydrogen-bond donors (Lipinski definition) is 1. The minimum Gasteiger partial charge on any atom is -0.393 e. The third-order valence-electron chi connectivity index (χ3n) is 7.03. The molecule has 0 radical (unpaired) electrons. The van der Waals surface area contributed by atoms with Crippen molar-refractivity contribution in [2.75, 3.05) is 39.8 Å². The van der Waals surface area contributed by atoms with Gasteiger partial charge in [-0.25, -0.2) is 0 Å². The molecule has 1 aliphatic carbocycles. The van der Waals surface area contributed by atoms with Gasteiger partial charge in [-0.3, -0.25) is 0 Å². The number of aryl methyl sites for hydroxylation is 1. The highest BCUT2D eigenvalue weighted by Gasteiger charge is 2.30. The zero-order chi connectivity index (χ0) is 20.2. The molecule has 2 aromatic carbocycles. The quantitative estimate of drug-likeness (QED) is 0.809. The minimum absolute atomic E-state index is 0.115. The van der Waals surface area contributed by atoms with Gasteiger partial charge in [0.05, 0.1) is 6.10 Å². The Labute approximate surface area is 176 Å². The SMILES string of the molecule is Cc1ccc(-c2ccc(C(CN3CCN(C)CC3)C3CCCC(O)C3)cc2)cc1. The standard InChI is InChI=1S/C26H36N2O/c1-20-6-8-21(9-7-20)22-10-12-23(13-11-22)26(24-4-3-5-25(29)18-24)19-28-16-14-27(2)15-17-28/h6-13,24-26,29H,3-5,14-19H2,1-2H3. The van der Waals surface area contributed by atoms with Crippen molar-refractivity contribution in [3.05, 3.63) is 59.7 Å². The molecule has 0 bridgehead atoms. The summed E-state index contributed by atoms with van der Waals surface area (Å²) in [6.07, 6.45) is 4.22. The molecule has 0 aromatic heterocycles. The number of hydrogen-bond acceptors (Lipinski definition) is 3. The third kappa shape index (κ3) is 5.28. The van der Waals surface area contributed by atoms with Gasteiger partial charge in [0.2, 0.25) is 0 Å². The molecule has 4 rings (SSSR count). The van der Waals surface area contributed by atoms with Crippen molar-refractivity contribution in [3.63, 3.8) is 0 Å². The van der Waals surface area contributed by atoms with Crippen LogP contribution in [0.4, 0.5) is 0 Å². The first-order chi connectivity index (χ1) is 14.1. The summed E-state index contributed by atoms with van der Waals surface area (Å²) in [4.78, 5) is 5.06. The molecule has 2 aromatic rings. The molecular weight excluding hydrogens is 356 g/mol. The van der Waals surface area contributed by atoms with Gasteiger partial charge in [-0.1, -0.05) is 60.5 Å². The molecule has 1 saturated carbocycles. The number of piperazine rings is 1. The van der Waals surface area contributed by atoms with E-state index in [-0.39, 0.29) is 6.10 Å². The molecule has 0 spiro atoms. The first kappa shape index (κ1) is 20.6. The molecule has 1 N–H and O–H groups in total. The van der Waals surface area contributed by atoms with Crippen LogP contribution in [-0.4, -0.2) is 60.8 Å². The topological polar surface area (TPSA) is 26.7 Å². The lowest BCUT2D eigenvalue weighted by atomic mass is 9.75. The van der Waals surface area contributed by atoms with Crippen LogP contribution >= 0.6 is 0 Å². The molecule has 3 nitrogen and oxygen atoms in total. The van der Waals surface area contributed by atoms with Crippen molar-refractivity contribution in [2.45, 2.75) is 44.6 Å². The molecule has 1 aliphatic heterocycles. The molecule has 1 saturated heterocycles. The Kier molecular flexibility index (Phi) is 6.69. The first-order valence-electron chi connectivity index (χ1n) is 11.3. The van der Waals surface area contributed by atoms with E-state index in [0.717, 1.165) is 52.0 Å². The predicted molar refractivity (Wildman–Crippen MR) is 121 cm³/mol. The van der Waals surface area contributed by atoms with Crippen molar-refractivity contribution in [1.29, 1.82) is 0 Å². The van der Waals surface area contributed by atoms with E-state index in [9.17, 15) is 5.11 Å². The molecule has 2 aliphatic rings. The summed E-state index contributed by atoms with van der Waals surface area (Å²) < 4.78 is 0. The van der Waals surface area contributed by atoms with Crippen molar-refractivity contribution in [1.82, 2.24) is 9.80 Å². The summed E-state index contributed by atoms with van der Waals surface area (Å²) in [5.74, 6) is 1.10. The van der Waals surface area contributed by atoms with Crippen molar-refractivity contribution in [2.24, 2.45) is 5.92 Å². The van der Waals surface area contributed by atoms with Crippen LogP contribution in [0.15, 0.2) is 48.5 Å². The molecule has 3 heteroatoms. The highest BCUT2D eigenvalue weighted by atomic mass is 16.3. The minimum atomic E-state index is -0.115. The summed E-state index contributed by atoms with van der Waals surface area (Å²) >= 11 is 0. The fourth-order valence-electron chi connectivity index (χ4n) is 5.07. The summed E-state index contributed by atoms with van der Waals surface area (Å²) in [7, 11) is 2.22. The highest BCUT2D eigenvalue weighted by molar-refractivity contribution is 5.64. The Morgan fingerprint density at radius 3 is 2.14 bits per heavy atom. The van der Waals surface area contributed by atoms with Crippen LogP contribution in [0.2, 0.25) is 0 Å².